The van der Waals surface area contributed by atoms with E-state index in [2.05, 4.69) is 41.8 Å². The Labute approximate surface area is 136 Å². The topological polar surface area (TPSA) is 47.3 Å². The molecule has 1 saturated carbocycles. The summed E-state index contributed by atoms with van der Waals surface area (Å²) in [7, 11) is 0. The minimum atomic E-state index is -0.649. The zero-order chi connectivity index (χ0) is 15.6. The monoisotopic (exact) mass is 358 g/mol. The van der Waals surface area contributed by atoms with Crippen LogP contribution in [0.25, 0.3) is 0 Å². The summed E-state index contributed by atoms with van der Waals surface area (Å²) in [5.41, 5.74) is 0.365. The Morgan fingerprint density at radius 1 is 1.48 bits per heavy atom. The first kappa shape index (κ1) is 17.0. The van der Waals surface area contributed by atoms with Crippen LogP contribution in [0.5, 0.6) is 0 Å². The van der Waals surface area contributed by atoms with Crippen molar-refractivity contribution in [3.8, 4) is 0 Å². The van der Waals surface area contributed by atoms with Gasteiger partial charge in [0.15, 0.2) is 0 Å². The molecule has 1 heterocycles. The van der Waals surface area contributed by atoms with E-state index in [1.54, 1.807) is 6.20 Å². The second kappa shape index (κ2) is 6.80. The Morgan fingerprint density at radius 2 is 2.10 bits per heavy atom. The van der Waals surface area contributed by atoms with Gasteiger partial charge in [0.05, 0.1) is 22.0 Å². The van der Waals surface area contributed by atoms with Gasteiger partial charge in [-0.25, -0.2) is 0 Å². The van der Waals surface area contributed by atoms with Crippen molar-refractivity contribution in [3.63, 3.8) is 0 Å². The summed E-state index contributed by atoms with van der Waals surface area (Å²) < 4.78 is 8.84. The van der Waals surface area contributed by atoms with Crippen molar-refractivity contribution in [2.24, 2.45) is 5.92 Å². The van der Waals surface area contributed by atoms with Crippen molar-refractivity contribution in [1.82, 2.24) is 9.78 Å². The summed E-state index contributed by atoms with van der Waals surface area (Å²) in [6.07, 6.45) is 5.13. The minimum Gasteiger partial charge on any atom is -0.384 e. The summed E-state index contributed by atoms with van der Waals surface area (Å²) >= 11 is 3.54. The zero-order valence-corrected chi connectivity index (χ0v) is 15.1. The van der Waals surface area contributed by atoms with E-state index in [9.17, 15) is 5.11 Å². The molecule has 1 N–H and O–H groups in total. The minimum absolute atomic E-state index is 0.210. The zero-order valence-electron chi connectivity index (χ0n) is 13.5. The lowest BCUT2D eigenvalue weighted by atomic mass is 9.75. The van der Waals surface area contributed by atoms with Crippen LogP contribution < -0.4 is 0 Å². The molecular weight excluding hydrogens is 332 g/mol. The molecule has 1 aromatic rings. The first-order valence-corrected chi connectivity index (χ1v) is 8.75. The molecule has 1 aromatic heterocycles. The fraction of sp³-hybridized carbons (Fsp3) is 0.812. The molecule has 0 aliphatic heterocycles. The maximum absolute atomic E-state index is 11.1. The van der Waals surface area contributed by atoms with E-state index in [-0.39, 0.29) is 6.04 Å². The Balaban J connectivity index is 2.35. The highest BCUT2D eigenvalue weighted by molar-refractivity contribution is 9.10. The summed E-state index contributed by atoms with van der Waals surface area (Å²) in [5.74, 6) is 0.712. The van der Waals surface area contributed by atoms with Crippen LogP contribution in [0.4, 0.5) is 0 Å². The van der Waals surface area contributed by atoms with Gasteiger partial charge in [-0.2, -0.15) is 5.10 Å². The van der Waals surface area contributed by atoms with Crippen molar-refractivity contribution in [2.75, 3.05) is 6.61 Å². The lowest BCUT2D eigenvalue weighted by Crippen LogP contribution is -2.43. The van der Waals surface area contributed by atoms with E-state index in [1.807, 2.05) is 11.6 Å². The van der Waals surface area contributed by atoms with Crippen LogP contribution in [0.1, 0.15) is 71.2 Å². The highest BCUT2D eigenvalue weighted by Gasteiger charge is 2.44. The van der Waals surface area contributed by atoms with Crippen LogP contribution >= 0.6 is 15.9 Å². The molecule has 1 aliphatic rings. The third kappa shape index (κ3) is 3.35. The number of nitrogens with zero attached hydrogens (tertiary/aromatic N) is 2. The summed E-state index contributed by atoms with van der Waals surface area (Å²) in [6, 6.07) is 0.210. The standard InChI is InChI=1S/C16H27BrN2O2/c1-5-21-16(8-6-12(4)7-9-16)15(20)14-13(17)10-18-19(14)11(2)3/h10-12,15,20H,5-9H2,1-4H3. The molecule has 1 atom stereocenters. The molecule has 21 heavy (non-hydrogen) atoms. The van der Waals surface area contributed by atoms with Crippen LogP contribution in [0, 0.1) is 5.92 Å². The maximum Gasteiger partial charge on any atom is 0.126 e. The van der Waals surface area contributed by atoms with Crippen LogP contribution in [0.3, 0.4) is 0 Å². The van der Waals surface area contributed by atoms with E-state index in [0.29, 0.717) is 12.5 Å². The Kier molecular flexibility index (Phi) is 5.49. The fourth-order valence-corrected chi connectivity index (χ4v) is 3.79. The molecule has 0 bridgehead atoms. The smallest absolute Gasteiger partial charge is 0.126 e. The van der Waals surface area contributed by atoms with Gasteiger partial charge in [0, 0.05) is 12.6 Å². The number of aromatic nitrogens is 2. The van der Waals surface area contributed by atoms with Crippen LogP contribution in [-0.2, 0) is 4.74 Å². The van der Waals surface area contributed by atoms with Gasteiger partial charge < -0.3 is 9.84 Å². The van der Waals surface area contributed by atoms with Gasteiger partial charge in [0.1, 0.15) is 6.10 Å². The van der Waals surface area contributed by atoms with Crippen molar-refractivity contribution >= 4 is 15.9 Å². The predicted molar refractivity (Wildman–Crippen MR) is 87.3 cm³/mol. The van der Waals surface area contributed by atoms with Gasteiger partial charge in [0.2, 0.25) is 0 Å². The predicted octanol–water partition coefficient (Wildman–Crippen LogP) is 4.25. The van der Waals surface area contributed by atoms with Gasteiger partial charge in [-0.1, -0.05) is 6.92 Å². The molecule has 0 saturated heterocycles. The second-order valence-corrected chi connectivity index (χ2v) is 7.35. The maximum atomic E-state index is 11.1. The third-order valence-electron chi connectivity index (χ3n) is 4.59. The average molecular weight is 359 g/mol. The highest BCUT2D eigenvalue weighted by atomic mass is 79.9. The summed E-state index contributed by atoms with van der Waals surface area (Å²) in [4.78, 5) is 0. The molecule has 4 nitrogen and oxygen atoms in total. The highest BCUT2D eigenvalue weighted by Crippen LogP contribution is 2.45. The van der Waals surface area contributed by atoms with Crippen LogP contribution in [0.15, 0.2) is 10.7 Å². The van der Waals surface area contributed by atoms with Crippen molar-refractivity contribution < 1.29 is 9.84 Å². The number of aliphatic hydroxyl groups excluding tert-OH is 1. The van der Waals surface area contributed by atoms with E-state index in [1.165, 1.54) is 0 Å². The van der Waals surface area contributed by atoms with Crippen LogP contribution in [-0.4, -0.2) is 27.1 Å². The van der Waals surface area contributed by atoms with Gasteiger partial charge in [-0.05, 0) is 68.3 Å². The number of hydrogen-bond acceptors (Lipinski definition) is 3. The van der Waals surface area contributed by atoms with E-state index in [4.69, 9.17) is 4.74 Å². The van der Waals surface area contributed by atoms with Crippen molar-refractivity contribution in [2.45, 2.75) is 71.1 Å². The number of aliphatic hydroxyl groups is 1. The molecule has 1 unspecified atom stereocenters. The Morgan fingerprint density at radius 3 is 2.62 bits per heavy atom. The lowest BCUT2D eigenvalue weighted by molar-refractivity contribution is -0.149. The van der Waals surface area contributed by atoms with Crippen LogP contribution in [0.2, 0.25) is 0 Å². The second-order valence-electron chi connectivity index (χ2n) is 6.50. The number of rotatable bonds is 5. The first-order valence-electron chi connectivity index (χ1n) is 7.96. The largest absolute Gasteiger partial charge is 0.384 e. The van der Waals surface area contributed by atoms with Crippen molar-refractivity contribution in [3.05, 3.63) is 16.4 Å². The quantitative estimate of drug-likeness (QED) is 0.855. The SMILES string of the molecule is CCOC1(C(O)c2c(Br)cnn2C(C)C)CCC(C)CC1. The summed E-state index contributed by atoms with van der Waals surface area (Å²) in [6.45, 7) is 9.05. The molecule has 5 heteroatoms. The number of hydrogen-bond donors (Lipinski definition) is 1. The Bertz CT molecular complexity index is 465. The summed E-state index contributed by atoms with van der Waals surface area (Å²) in [5, 5.41) is 15.5. The molecule has 0 spiro atoms. The van der Waals surface area contributed by atoms with Gasteiger partial charge in [-0.15, -0.1) is 0 Å². The number of ether oxygens (including phenoxy) is 1. The average Bonchev–Trinajstić information content (AvgIpc) is 2.83. The molecule has 1 fully saturated rings. The lowest BCUT2D eigenvalue weighted by Gasteiger charge is -2.42. The molecular formula is C16H27BrN2O2. The Hall–Kier alpha value is -0.390. The van der Waals surface area contributed by atoms with E-state index < -0.39 is 11.7 Å². The van der Waals surface area contributed by atoms with Gasteiger partial charge in [-0.3, -0.25) is 4.68 Å². The molecule has 2 rings (SSSR count). The van der Waals surface area contributed by atoms with E-state index in [0.717, 1.165) is 35.8 Å². The van der Waals surface area contributed by atoms with Gasteiger partial charge in [0.25, 0.3) is 0 Å². The fourth-order valence-electron chi connectivity index (χ4n) is 3.30. The van der Waals surface area contributed by atoms with Crippen molar-refractivity contribution in [1.29, 1.82) is 0 Å². The molecule has 0 radical (unpaired) electrons. The molecule has 0 aromatic carbocycles. The normalized spacial score (nSPS) is 28.0. The molecule has 0 amide bonds. The third-order valence-corrected chi connectivity index (χ3v) is 5.20. The molecule has 120 valence electrons. The van der Waals surface area contributed by atoms with Gasteiger partial charge >= 0.3 is 0 Å². The van der Waals surface area contributed by atoms with E-state index >= 15 is 0 Å². The number of halogens is 1. The first-order chi connectivity index (χ1) is 9.91. The molecule has 1 aliphatic carbocycles.